The number of nitro benzene ring substituents is 1. The van der Waals surface area contributed by atoms with Crippen LogP contribution in [0.15, 0.2) is 18.2 Å². The van der Waals surface area contributed by atoms with Gasteiger partial charge in [-0.15, -0.1) is 0 Å². The van der Waals surface area contributed by atoms with E-state index in [0.717, 1.165) is 31.7 Å². The number of hydrogen-bond acceptors (Lipinski definition) is 4. The molecule has 1 aliphatic heterocycles. The fourth-order valence-corrected chi connectivity index (χ4v) is 2.15. The molecule has 17 heavy (non-hydrogen) atoms. The summed E-state index contributed by atoms with van der Waals surface area (Å²) >= 11 is 5.98. The van der Waals surface area contributed by atoms with E-state index in [1.165, 1.54) is 12.1 Å². The Hall–Kier alpha value is -1.33. The number of halogens is 1. The summed E-state index contributed by atoms with van der Waals surface area (Å²) in [7, 11) is 0. The molecule has 0 aliphatic carbocycles. The first-order valence-electron chi connectivity index (χ1n) is 5.55. The maximum Gasteiger partial charge on any atom is 0.271 e. The van der Waals surface area contributed by atoms with Crippen LogP contribution in [0.2, 0.25) is 5.02 Å². The normalized spacial score (nSPS) is 19.2. The van der Waals surface area contributed by atoms with Crippen molar-refractivity contribution in [3.63, 3.8) is 0 Å². The summed E-state index contributed by atoms with van der Waals surface area (Å²) in [6.07, 6.45) is 1.15. The Bertz CT molecular complexity index is 419. The molecule has 1 atom stereocenters. The fraction of sp³-hybridized carbons (Fsp3) is 0.455. The number of hydrogen-bond donors (Lipinski definition) is 2. The molecule has 0 bridgehead atoms. The lowest BCUT2D eigenvalue weighted by molar-refractivity contribution is -0.384. The van der Waals surface area contributed by atoms with Crippen LogP contribution < -0.4 is 10.6 Å². The predicted octanol–water partition coefficient (Wildman–Crippen LogP) is 2.27. The van der Waals surface area contributed by atoms with Crippen LogP contribution in [0.3, 0.4) is 0 Å². The first-order chi connectivity index (χ1) is 8.16. The SMILES string of the molecule is O=[N+]([O-])c1ccc(NCC2CCNC2)c(Cl)c1. The molecule has 92 valence electrons. The Morgan fingerprint density at radius 3 is 3.00 bits per heavy atom. The van der Waals surface area contributed by atoms with Crippen molar-refractivity contribution < 1.29 is 4.92 Å². The highest BCUT2D eigenvalue weighted by Crippen LogP contribution is 2.27. The molecule has 1 fully saturated rings. The van der Waals surface area contributed by atoms with Crippen molar-refractivity contribution in [2.75, 3.05) is 25.0 Å². The minimum Gasteiger partial charge on any atom is -0.384 e. The van der Waals surface area contributed by atoms with Crippen LogP contribution in [0, 0.1) is 16.0 Å². The number of nitrogens with one attached hydrogen (secondary N) is 2. The number of rotatable bonds is 4. The predicted molar refractivity (Wildman–Crippen MR) is 67.6 cm³/mol. The fourth-order valence-electron chi connectivity index (χ4n) is 1.90. The molecule has 0 radical (unpaired) electrons. The Morgan fingerprint density at radius 2 is 2.41 bits per heavy atom. The van der Waals surface area contributed by atoms with Crippen LogP contribution in [-0.4, -0.2) is 24.6 Å². The monoisotopic (exact) mass is 255 g/mol. The molecule has 2 N–H and O–H groups in total. The number of anilines is 1. The van der Waals surface area contributed by atoms with Crippen molar-refractivity contribution in [3.8, 4) is 0 Å². The van der Waals surface area contributed by atoms with E-state index >= 15 is 0 Å². The smallest absolute Gasteiger partial charge is 0.271 e. The second kappa shape index (κ2) is 5.33. The number of nitrogens with zero attached hydrogens (tertiary/aromatic N) is 1. The average Bonchev–Trinajstić information content (AvgIpc) is 2.80. The van der Waals surface area contributed by atoms with E-state index in [9.17, 15) is 10.1 Å². The maximum atomic E-state index is 10.5. The highest BCUT2D eigenvalue weighted by molar-refractivity contribution is 6.33. The first kappa shape index (κ1) is 12.1. The third kappa shape index (κ3) is 3.08. The van der Waals surface area contributed by atoms with Gasteiger partial charge in [-0.25, -0.2) is 0 Å². The quantitative estimate of drug-likeness (QED) is 0.640. The molecule has 0 spiro atoms. The lowest BCUT2D eigenvalue weighted by Gasteiger charge is -2.12. The zero-order valence-corrected chi connectivity index (χ0v) is 10.0. The Balaban J connectivity index is 1.98. The molecule has 5 nitrogen and oxygen atoms in total. The second-order valence-corrected chi connectivity index (χ2v) is 4.57. The van der Waals surface area contributed by atoms with Gasteiger partial charge in [-0.2, -0.15) is 0 Å². The van der Waals surface area contributed by atoms with Gasteiger partial charge in [-0.05, 0) is 31.5 Å². The minimum absolute atomic E-state index is 0.0167. The average molecular weight is 256 g/mol. The van der Waals surface area contributed by atoms with Gasteiger partial charge in [0.2, 0.25) is 0 Å². The van der Waals surface area contributed by atoms with Crippen molar-refractivity contribution in [1.29, 1.82) is 0 Å². The molecular weight excluding hydrogens is 242 g/mol. The maximum absolute atomic E-state index is 10.5. The van der Waals surface area contributed by atoms with Gasteiger partial charge in [0.1, 0.15) is 0 Å². The molecule has 1 unspecified atom stereocenters. The molecule has 0 amide bonds. The van der Waals surface area contributed by atoms with Crippen LogP contribution in [-0.2, 0) is 0 Å². The van der Waals surface area contributed by atoms with E-state index in [1.54, 1.807) is 6.07 Å². The van der Waals surface area contributed by atoms with Crippen molar-refractivity contribution in [2.24, 2.45) is 5.92 Å². The van der Waals surface area contributed by atoms with Crippen molar-refractivity contribution in [2.45, 2.75) is 6.42 Å². The van der Waals surface area contributed by atoms with E-state index in [2.05, 4.69) is 10.6 Å². The molecule has 1 aliphatic rings. The van der Waals surface area contributed by atoms with E-state index in [-0.39, 0.29) is 5.69 Å². The summed E-state index contributed by atoms with van der Waals surface area (Å²) in [6, 6.07) is 4.49. The van der Waals surface area contributed by atoms with E-state index in [1.807, 2.05) is 0 Å². The van der Waals surface area contributed by atoms with Crippen LogP contribution in [0.5, 0.6) is 0 Å². The Morgan fingerprint density at radius 1 is 1.59 bits per heavy atom. The summed E-state index contributed by atoms with van der Waals surface area (Å²) < 4.78 is 0. The molecule has 0 saturated carbocycles. The highest BCUT2D eigenvalue weighted by atomic mass is 35.5. The standard InChI is InChI=1S/C11H14ClN3O2/c12-10-5-9(15(16)17)1-2-11(10)14-7-8-3-4-13-6-8/h1-2,5,8,13-14H,3-4,6-7H2. The van der Waals surface area contributed by atoms with Gasteiger partial charge < -0.3 is 10.6 Å². The van der Waals surface area contributed by atoms with Crippen molar-refractivity contribution in [1.82, 2.24) is 5.32 Å². The first-order valence-corrected chi connectivity index (χ1v) is 5.93. The van der Waals surface area contributed by atoms with Crippen LogP contribution in [0.1, 0.15) is 6.42 Å². The molecule has 0 aromatic heterocycles. The summed E-state index contributed by atoms with van der Waals surface area (Å²) in [5.74, 6) is 0.598. The Labute approximate surface area is 104 Å². The third-order valence-electron chi connectivity index (χ3n) is 2.91. The number of non-ortho nitro benzene ring substituents is 1. The molecule has 1 aromatic rings. The molecule has 6 heteroatoms. The Kier molecular flexibility index (Phi) is 3.81. The zero-order valence-electron chi connectivity index (χ0n) is 9.28. The highest BCUT2D eigenvalue weighted by Gasteiger charge is 2.15. The number of nitro groups is 1. The lowest BCUT2D eigenvalue weighted by atomic mass is 10.1. The van der Waals surface area contributed by atoms with Crippen LogP contribution in [0.4, 0.5) is 11.4 Å². The molecule has 1 heterocycles. The van der Waals surface area contributed by atoms with E-state index in [4.69, 9.17) is 11.6 Å². The van der Waals surface area contributed by atoms with Gasteiger partial charge in [-0.3, -0.25) is 10.1 Å². The van der Waals surface area contributed by atoms with Gasteiger partial charge in [0.05, 0.1) is 15.6 Å². The number of benzene rings is 1. The summed E-state index contributed by atoms with van der Waals surface area (Å²) in [6.45, 7) is 2.91. The van der Waals surface area contributed by atoms with Crippen LogP contribution in [0.25, 0.3) is 0 Å². The molecule has 2 rings (SSSR count). The molecule has 1 saturated heterocycles. The van der Waals surface area contributed by atoms with Gasteiger partial charge >= 0.3 is 0 Å². The van der Waals surface area contributed by atoms with E-state index < -0.39 is 4.92 Å². The van der Waals surface area contributed by atoms with Crippen molar-refractivity contribution >= 4 is 23.0 Å². The topological polar surface area (TPSA) is 67.2 Å². The largest absolute Gasteiger partial charge is 0.384 e. The van der Waals surface area contributed by atoms with Gasteiger partial charge in [0.15, 0.2) is 0 Å². The minimum atomic E-state index is -0.448. The van der Waals surface area contributed by atoms with Gasteiger partial charge in [0.25, 0.3) is 5.69 Å². The third-order valence-corrected chi connectivity index (χ3v) is 3.22. The summed E-state index contributed by atoms with van der Waals surface area (Å²) in [5, 5.41) is 17.5. The summed E-state index contributed by atoms with van der Waals surface area (Å²) in [5.41, 5.74) is 0.771. The molecular formula is C11H14ClN3O2. The molecule has 1 aromatic carbocycles. The zero-order chi connectivity index (χ0) is 12.3. The lowest BCUT2D eigenvalue weighted by Crippen LogP contribution is -2.17. The van der Waals surface area contributed by atoms with E-state index in [0.29, 0.717) is 10.9 Å². The van der Waals surface area contributed by atoms with Gasteiger partial charge in [-0.1, -0.05) is 11.6 Å². The second-order valence-electron chi connectivity index (χ2n) is 4.16. The van der Waals surface area contributed by atoms with Crippen LogP contribution >= 0.6 is 11.6 Å². The summed E-state index contributed by atoms with van der Waals surface area (Å²) in [4.78, 5) is 10.1. The van der Waals surface area contributed by atoms with Crippen molar-refractivity contribution in [3.05, 3.63) is 33.3 Å². The van der Waals surface area contributed by atoms with Gasteiger partial charge in [0, 0.05) is 18.7 Å².